The standard InChI is InChI=1S/C15H16N2O/c1-18-12-5-2-10(3-6-12)15-7-4-11(9-17-15)13-8-14(13)16/h2-7,9,13-14H,8,16H2,1H3/t13-,14+/m0/s1. The molecule has 1 aromatic carbocycles. The van der Waals surface area contributed by atoms with Crippen LogP contribution in [0.15, 0.2) is 42.6 Å². The molecule has 1 saturated carbocycles. The summed E-state index contributed by atoms with van der Waals surface area (Å²) in [6.07, 6.45) is 3.03. The van der Waals surface area contributed by atoms with Gasteiger partial charge in [-0.3, -0.25) is 4.98 Å². The summed E-state index contributed by atoms with van der Waals surface area (Å²) in [5.74, 6) is 1.38. The molecule has 18 heavy (non-hydrogen) atoms. The van der Waals surface area contributed by atoms with Gasteiger partial charge in [-0.1, -0.05) is 6.07 Å². The van der Waals surface area contributed by atoms with Crippen molar-refractivity contribution in [1.29, 1.82) is 0 Å². The maximum absolute atomic E-state index is 5.84. The highest BCUT2D eigenvalue weighted by Crippen LogP contribution is 2.38. The molecule has 0 bridgehead atoms. The number of rotatable bonds is 3. The van der Waals surface area contributed by atoms with Crippen molar-refractivity contribution in [3.8, 4) is 17.0 Å². The lowest BCUT2D eigenvalue weighted by molar-refractivity contribution is 0.415. The lowest BCUT2D eigenvalue weighted by atomic mass is 10.1. The third kappa shape index (κ3) is 2.09. The first-order valence-corrected chi connectivity index (χ1v) is 6.14. The maximum atomic E-state index is 5.84. The van der Waals surface area contributed by atoms with E-state index in [1.165, 1.54) is 5.56 Å². The Balaban J connectivity index is 1.83. The molecule has 3 nitrogen and oxygen atoms in total. The summed E-state index contributed by atoms with van der Waals surface area (Å²) >= 11 is 0. The molecule has 3 heteroatoms. The second kappa shape index (κ2) is 4.42. The Bertz CT molecular complexity index is 533. The van der Waals surface area contributed by atoms with Crippen LogP contribution in [0, 0.1) is 0 Å². The second-order valence-electron chi connectivity index (χ2n) is 4.71. The molecular formula is C15H16N2O. The Hall–Kier alpha value is -1.87. The van der Waals surface area contributed by atoms with E-state index in [1.54, 1.807) is 7.11 Å². The van der Waals surface area contributed by atoms with E-state index < -0.39 is 0 Å². The molecule has 1 aromatic heterocycles. The molecule has 0 spiro atoms. The lowest BCUT2D eigenvalue weighted by Gasteiger charge is -2.04. The SMILES string of the molecule is COc1ccc(-c2ccc([C@@H]3C[C@H]3N)cn2)cc1. The van der Waals surface area contributed by atoms with Crippen LogP contribution in [-0.4, -0.2) is 18.1 Å². The zero-order valence-corrected chi connectivity index (χ0v) is 10.3. The number of hydrogen-bond acceptors (Lipinski definition) is 3. The molecule has 0 radical (unpaired) electrons. The highest BCUT2D eigenvalue weighted by Gasteiger charge is 2.34. The monoisotopic (exact) mass is 240 g/mol. The molecule has 92 valence electrons. The summed E-state index contributed by atoms with van der Waals surface area (Å²) in [6, 6.07) is 12.4. The van der Waals surface area contributed by atoms with Crippen LogP contribution in [0.25, 0.3) is 11.3 Å². The van der Waals surface area contributed by atoms with Gasteiger partial charge in [0.15, 0.2) is 0 Å². The first-order chi connectivity index (χ1) is 8.78. The second-order valence-corrected chi connectivity index (χ2v) is 4.71. The molecule has 1 heterocycles. The van der Waals surface area contributed by atoms with Crippen LogP contribution in [0.3, 0.4) is 0 Å². The summed E-state index contributed by atoms with van der Waals surface area (Å²) in [6.45, 7) is 0. The van der Waals surface area contributed by atoms with Crippen LogP contribution in [0.5, 0.6) is 5.75 Å². The van der Waals surface area contributed by atoms with Gasteiger partial charge in [0.05, 0.1) is 12.8 Å². The highest BCUT2D eigenvalue weighted by atomic mass is 16.5. The number of ether oxygens (including phenoxy) is 1. The zero-order valence-electron chi connectivity index (χ0n) is 10.3. The normalized spacial score (nSPS) is 21.7. The van der Waals surface area contributed by atoms with Crippen molar-refractivity contribution in [2.75, 3.05) is 7.11 Å². The fraction of sp³-hybridized carbons (Fsp3) is 0.267. The maximum Gasteiger partial charge on any atom is 0.118 e. The molecule has 1 aliphatic carbocycles. The topological polar surface area (TPSA) is 48.1 Å². The molecule has 0 amide bonds. The van der Waals surface area contributed by atoms with Crippen molar-refractivity contribution in [3.63, 3.8) is 0 Å². The average molecular weight is 240 g/mol. The lowest BCUT2D eigenvalue weighted by Crippen LogP contribution is -2.01. The van der Waals surface area contributed by atoms with E-state index in [4.69, 9.17) is 10.5 Å². The molecule has 0 unspecified atom stereocenters. The van der Waals surface area contributed by atoms with E-state index in [1.807, 2.05) is 30.5 Å². The Morgan fingerprint density at radius 1 is 1.17 bits per heavy atom. The van der Waals surface area contributed by atoms with E-state index in [0.717, 1.165) is 23.4 Å². The van der Waals surface area contributed by atoms with Gasteiger partial charge >= 0.3 is 0 Å². The number of pyridine rings is 1. The molecule has 2 aromatic rings. The van der Waals surface area contributed by atoms with Crippen molar-refractivity contribution in [1.82, 2.24) is 4.98 Å². The summed E-state index contributed by atoms with van der Waals surface area (Å²) in [5, 5.41) is 0. The fourth-order valence-electron chi connectivity index (χ4n) is 2.16. The summed E-state index contributed by atoms with van der Waals surface area (Å²) in [7, 11) is 1.67. The van der Waals surface area contributed by atoms with E-state index in [-0.39, 0.29) is 0 Å². The molecule has 0 aliphatic heterocycles. The number of aromatic nitrogens is 1. The van der Waals surface area contributed by atoms with Crippen molar-refractivity contribution < 1.29 is 4.74 Å². The van der Waals surface area contributed by atoms with Gasteiger partial charge in [0, 0.05) is 23.7 Å². The number of nitrogens with zero attached hydrogens (tertiary/aromatic N) is 1. The number of benzene rings is 1. The molecule has 1 aliphatic rings. The quantitative estimate of drug-likeness (QED) is 0.897. The van der Waals surface area contributed by atoms with E-state index in [2.05, 4.69) is 17.1 Å². The summed E-state index contributed by atoms with van der Waals surface area (Å²) < 4.78 is 5.14. The molecule has 2 N–H and O–H groups in total. The molecule has 2 atom stereocenters. The predicted octanol–water partition coefficient (Wildman–Crippen LogP) is 2.57. The van der Waals surface area contributed by atoms with Crippen LogP contribution in [0.1, 0.15) is 17.9 Å². The Morgan fingerprint density at radius 2 is 1.89 bits per heavy atom. The average Bonchev–Trinajstić information content (AvgIpc) is 3.16. The molecule has 0 saturated heterocycles. The van der Waals surface area contributed by atoms with Crippen LogP contribution in [-0.2, 0) is 0 Å². The van der Waals surface area contributed by atoms with Gasteiger partial charge in [-0.2, -0.15) is 0 Å². The van der Waals surface area contributed by atoms with Gasteiger partial charge in [-0.15, -0.1) is 0 Å². The minimum absolute atomic E-state index is 0.332. The van der Waals surface area contributed by atoms with Gasteiger partial charge < -0.3 is 10.5 Å². The Kier molecular flexibility index (Phi) is 2.76. The summed E-state index contributed by atoms with van der Waals surface area (Å²) in [4.78, 5) is 4.50. The molecular weight excluding hydrogens is 224 g/mol. The molecule has 1 fully saturated rings. The minimum Gasteiger partial charge on any atom is -0.497 e. The zero-order chi connectivity index (χ0) is 12.5. The van der Waals surface area contributed by atoms with Crippen LogP contribution in [0.4, 0.5) is 0 Å². The highest BCUT2D eigenvalue weighted by molar-refractivity contribution is 5.60. The Labute approximate surface area is 107 Å². The fourth-order valence-corrected chi connectivity index (χ4v) is 2.16. The van der Waals surface area contributed by atoms with Crippen molar-refractivity contribution in [3.05, 3.63) is 48.2 Å². The van der Waals surface area contributed by atoms with Crippen molar-refractivity contribution in [2.24, 2.45) is 5.73 Å². The van der Waals surface area contributed by atoms with Crippen molar-refractivity contribution in [2.45, 2.75) is 18.4 Å². The van der Waals surface area contributed by atoms with E-state index >= 15 is 0 Å². The van der Waals surface area contributed by atoms with Gasteiger partial charge in [-0.05, 0) is 42.3 Å². The van der Waals surface area contributed by atoms with Crippen LogP contribution in [0.2, 0.25) is 0 Å². The van der Waals surface area contributed by atoms with Gasteiger partial charge in [0.25, 0.3) is 0 Å². The minimum atomic E-state index is 0.332. The third-order valence-corrected chi connectivity index (χ3v) is 3.44. The van der Waals surface area contributed by atoms with E-state index in [0.29, 0.717) is 12.0 Å². The van der Waals surface area contributed by atoms with Crippen LogP contribution < -0.4 is 10.5 Å². The van der Waals surface area contributed by atoms with Gasteiger partial charge in [0.2, 0.25) is 0 Å². The first kappa shape index (κ1) is 11.2. The summed E-state index contributed by atoms with van der Waals surface area (Å²) in [5.41, 5.74) is 9.17. The molecule has 3 rings (SSSR count). The predicted molar refractivity (Wildman–Crippen MR) is 71.6 cm³/mol. The number of hydrogen-bond donors (Lipinski definition) is 1. The van der Waals surface area contributed by atoms with Crippen molar-refractivity contribution >= 4 is 0 Å². The smallest absolute Gasteiger partial charge is 0.118 e. The van der Waals surface area contributed by atoms with E-state index in [9.17, 15) is 0 Å². The number of nitrogens with two attached hydrogens (primary N) is 1. The van der Waals surface area contributed by atoms with Gasteiger partial charge in [0.1, 0.15) is 5.75 Å². The van der Waals surface area contributed by atoms with Crippen LogP contribution >= 0.6 is 0 Å². The third-order valence-electron chi connectivity index (χ3n) is 3.44. The Morgan fingerprint density at radius 3 is 2.39 bits per heavy atom. The number of methoxy groups -OCH3 is 1. The largest absolute Gasteiger partial charge is 0.497 e. The van der Waals surface area contributed by atoms with Gasteiger partial charge in [-0.25, -0.2) is 0 Å². The first-order valence-electron chi connectivity index (χ1n) is 6.14.